The molecule has 4 nitrogen and oxygen atoms in total. The van der Waals surface area contributed by atoms with Gasteiger partial charge in [-0.15, -0.1) is 0 Å². The molecule has 0 heterocycles. The summed E-state index contributed by atoms with van der Waals surface area (Å²) < 4.78 is 5.70. The van der Waals surface area contributed by atoms with E-state index in [-0.39, 0.29) is 11.9 Å². The first kappa shape index (κ1) is 15.5. The maximum Gasteiger partial charge on any atom is 0.221 e. The molecule has 4 heteroatoms. The lowest BCUT2D eigenvalue weighted by atomic mass is 10.1. The van der Waals surface area contributed by atoms with Gasteiger partial charge in [0.15, 0.2) is 0 Å². The van der Waals surface area contributed by atoms with E-state index in [1.807, 2.05) is 32.0 Å². The molecule has 0 radical (unpaired) electrons. The van der Waals surface area contributed by atoms with Gasteiger partial charge < -0.3 is 15.8 Å². The topological polar surface area (TPSA) is 64.3 Å². The van der Waals surface area contributed by atoms with Crippen molar-refractivity contribution in [2.75, 3.05) is 6.61 Å². The summed E-state index contributed by atoms with van der Waals surface area (Å²) in [7, 11) is 0. The molecular weight excluding hydrogens is 240 g/mol. The van der Waals surface area contributed by atoms with E-state index in [0.717, 1.165) is 23.3 Å². The molecule has 3 N–H and O–H groups in total. The number of hydrogen-bond donors (Lipinski definition) is 2. The zero-order chi connectivity index (χ0) is 14.3. The van der Waals surface area contributed by atoms with Crippen LogP contribution in [0.1, 0.15) is 37.8 Å². The molecule has 106 valence electrons. The number of nitrogens with two attached hydrogens (primary N) is 1. The third-order valence-corrected chi connectivity index (χ3v) is 2.67. The summed E-state index contributed by atoms with van der Waals surface area (Å²) in [6.07, 6.45) is 1.31. The molecule has 19 heavy (non-hydrogen) atoms. The summed E-state index contributed by atoms with van der Waals surface area (Å²) in [5.74, 6) is 0.819. The van der Waals surface area contributed by atoms with E-state index in [9.17, 15) is 4.79 Å². The molecule has 0 aliphatic heterocycles. The van der Waals surface area contributed by atoms with Crippen molar-refractivity contribution in [3.8, 4) is 5.75 Å². The van der Waals surface area contributed by atoms with Crippen LogP contribution in [0.3, 0.4) is 0 Å². The number of benzene rings is 1. The molecule has 0 spiro atoms. The van der Waals surface area contributed by atoms with E-state index in [2.05, 4.69) is 12.2 Å². The number of nitrogens with one attached hydrogen (secondary N) is 1. The van der Waals surface area contributed by atoms with Gasteiger partial charge in [-0.1, -0.05) is 19.1 Å². The van der Waals surface area contributed by atoms with Crippen LogP contribution in [0.5, 0.6) is 5.75 Å². The molecule has 0 fully saturated rings. The second kappa shape index (κ2) is 7.79. The lowest BCUT2D eigenvalue weighted by Gasteiger charge is -2.13. The molecule has 1 unspecified atom stereocenters. The second-order valence-electron chi connectivity index (χ2n) is 4.92. The largest absolute Gasteiger partial charge is 0.493 e. The highest BCUT2D eigenvalue weighted by molar-refractivity contribution is 5.76. The first-order chi connectivity index (χ1) is 9.02. The Morgan fingerprint density at radius 3 is 2.84 bits per heavy atom. The van der Waals surface area contributed by atoms with Gasteiger partial charge in [0.05, 0.1) is 6.61 Å². The van der Waals surface area contributed by atoms with Crippen LogP contribution in [0.2, 0.25) is 0 Å². The molecule has 1 atom stereocenters. The molecule has 0 saturated carbocycles. The molecule has 0 saturated heterocycles. The van der Waals surface area contributed by atoms with E-state index in [1.165, 1.54) is 0 Å². The molecule has 1 rings (SSSR count). The van der Waals surface area contributed by atoms with Gasteiger partial charge in [0.25, 0.3) is 0 Å². The maximum atomic E-state index is 11.6. The Morgan fingerprint density at radius 2 is 2.21 bits per heavy atom. The van der Waals surface area contributed by atoms with Gasteiger partial charge in [-0.05, 0) is 31.9 Å². The molecule has 0 aliphatic rings. The van der Waals surface area contributed by atoms with Crippen LogP contribution in [0.25, 0.3) is 0 Å². The van der Waals surface area contributed by atoms with E-state index in [1.54, 1.807) is 0 Å². The SMILES string of the molecule is CCCOc1cc(C)ccc1CNC(=O)CC(C)N. The molecule has 0 aliphatic carbocycles. The third-order valence-electron chi connectivity index (χ3n) is 2.67. The molecule has 0 bridgehead atoms. The van der Waals surface area contributed by atoms with E-state index in [4.69, 9.17) is 10.5 Å². The molecule has 1 amide bonds. The number of ether oxygens (including phenoxy) is 1. The van der Waals surface area contributed by atoms with Gasteiger partial charge in [0, 0.05) is 24.6 Å². The standard InChI is InChI=1S/C15H24N2O2/c1-4-7-19-14-8-11(2)5-6-13(14)10-17-15(18)9-12(3)16/h5-6,8,12H,4,7,9-10,16H2,1-3H3,(H,17,18). The Balaban J connectivity index is 2.63. The Morgan fingerprint density at radius 1 is 1.47 bits per heavy atom. The summed E-state index contributed by atoms with van der Waals surface area (Å²) in [5.41, 5.74) is 7.74. The number of rotatable bonds is 7. The van der Waals surface area contributed by atoms with Crippen LogP contribution >= 0.6 is 0 Å². The van der Waals surface area contributed by atoms with Crippen LogP contribution in [0, 0.1) is 6.92 Å². The Labute approximate surface area is 115 Å². The fourth-order valence-corrected chi connectivity index (χ4v) is 1.71. The van der Waals surface area contributed by atoms with Gasteiger partial charge in [0.2, 0.25) is 5.91 Å². The highest BCUT2D eigenvalue weighted by Gasteiger charge is 2.08. The van der Waals surface area contributed by atoms with Crippen molar-refractivity contribution < 1.29 is 9.53 Å². The number of carbonyl (C=O) groups is 1. The van der Waals surface area contributed by atoms with Gasteiger partial charge in [-0.2, -0.15) is 0 Å². The first-order valence-electron chi connectivity index (χ1n) is 6.77. The molecule has 0 aromatic heterocycles. The van der Waals surface area contributed by atoms with E-state index < -0.39 is 0 Å². The average Bonchev–Trinajstić information content (AvgIpc) is 2.34. The summed E-state index contributed by atoms with van der Waals surface area (Å²) >= 11 is 0. The Hall–Kier alpha value is -1.55. The zero-order valence-corrected chi connectivity index (χ0v) is 12.0. The Kier molecular flexibility index (Phi) is 6.36. The van der Waals surface area contributed by atoms with E-state index >= 15 is 0 Å². The van der Waals surface area contributed by atoms with Crippen molar-refractivity contribution in [1.82, 2.24) is 5.32 Å². The molecule has 1 aromatic carbocycles. The second-order valence-corrected chi connectivity index (χ2v) is 4.92. The van der Waals surface area contributed by atoms with Crippen LogP contribution in [-0.4, -0.2) is 18.6 Å². The summed E-state index contributed by atoms with van der Waals surface area (Å²) in [5, 5.41) is 2.87. The number of carbonyl (C=O) groups excluding carboxylic acids is 1. The predicted molar refractivity (Wildman–Crippen MR) is 77.1 cm³/mol. The van der Waals surface area contributed by atoms with Crippen molar-refractivity contribution in [2.45, 2.75) is 46.2 Å². The molecular formula is C15H24N2O2. The predicted octanol–water partition coefficient (Wildman–Crippen LogP) is 2.14. The van der Waals surface area contributed by atoms with Crippen molar-refractivity contribution >= 4 is 5.91 Å². The van der Waals surface area contributed by atoms with Crippen molar-refractivity contribution in [3.05, 3.63) is 29.3 Å². The summed E-state index contributed by atoms with van der Waals surface area (Å²) in [6, 6.07) is 5.90. The smallest absolute Gasteiger partial charge is 0.221 e. The van der Waals surface area contributed by atoms with Crippen molar-refractivity contribution in [2.24, 2.45) is 5.73 Å². The summed E-state index contributed by atoms with van der Waals surface area (Å²) in [4.78, 5) is 11.6. The Bertz CT molecular complexity index is 417. The minimum Gasteiger partial charge on any atom is -0.493 e. The van der Waals surface area contributed by atoms with Crippen LogP contribution in [0.4, 0.5) is 0 Å². The minimum atomic E-state index is -0.117. The molecule has 1 aromatic rings. The number of aryl methyl sites for hydroxylation is 1. The lowest BCUT2D eigenvalue weighted by molar-refractivity contribution is -0.121. The fraction of sp³-hybridized carbons (Fsp3) is 0.533. The quantitative estimate of drug-likeness (QED) is 0.793. The van der Waals surface area contributed by atoms with Gasteiger partial charge >= 0.3 is 0 Å². The van der Waals surface area contributed by atoms with Crippen LogP contribution in [0.15, 0.2) is 18.2 Å². The number of amides is 1. The van der Waals surface area contributed by atoms with Gasteiger partial charge in [0.1, 0.15) is 5.75 Å². The van der Waals surface area contributed by atoms with Crippen molar-refractivity contribution in [3.63, 3.8) is 0 Å². The van der Waals surface area contributed by atoms with Gasteiger partial charge in [-0.25, -0.2) is 0 Å². The summed E-state index contributed by atoms with van der Waals surface area (Å²) in [6.45, 7) is 7.08. The third kappa shape index (κ3) is 5.75. The zero-order valence-electron chi connectivity index (χ0n) is 12.0. The maximum absolute atomic E-state index is 11.6. The van der Waals surface area contributed by atoms with Crippen LogP contribution in [-0.2, 0) is 11.3 Å². The fourth-order valence-electron chi connectivity index (χ4n) is 1.71. The monoisotopic (exact) mass is 264 g/mol. The minimum absolute atomic E-state index is 0.0305. The van der Waals surface area contributed by atoms with E-state index in [0.29, 0.717) is 19.6 Å². The van der Waals surface area contributed by atoms with Crippen LogP contribution < -0.4 is 15.8 Å². The average molecular weight is 264 g/mol. The lowest BCUT2D eigenvalue weighted by Crippen LogP contribution is -2.29. The highest BCUT2D eigenvalue weighted by Crippen LogP contribution is 2.20. The number of hydrogen-bond acceptors (Lipinski definition) is 3. The first-order valence-corrected chi connectivity index (χ1v) is 6.77. The normalized spacial score (nSPS) is 12.0. The van der Waals surface area contributed by atoms with Gasteiger partial charge in [-0.3, -0.25) is 4.79 Å². The van der Waals surface area contributed by atoms with Crippen molar-refractivity contribution in [1.29, 1.82) is 0 Å². The highest BCUT2D eigenvalue weighted by atomic mass is 16.5.